The first-order chi connectivity index (χ1) is 23.4. The summed E-state index contributed by atoms with van der Waals surface area (Å²) in [6.07, 6.45) is 18.2. The molecule has 0 unspecified atom stereocenters. The Morgan fingerprint density at radius 2 is 1.21 bits per heavy atom. The second kappa shape index (κ2) is 29.2. The minimum atomic E-state index is -2.70. The van der Waals surface area contributed by atoms with Gasteiger partial charge in [0.2, 0.25) is 5.91 Å². The summed E-state index contributed by atoms with van der Waals surface area (Å²) >= 11 is 0. The van der Waals surface area contributed by atoms with Gasteiger partial charge in [0.05, 0.1) is 13.2 Å². The Labute approximate surface area is 291 Å². The molecule has 10 nitrogen and oxygen atoms in total. The van der Waals surface area contributed by atoms with Gasteiger partial charge in [-0.15, -0.1) is 0 Å². The van der Waals surface area contributed by atoms with E-state index in [0.29, 0.717) is 58.5 Å². The molecule has 0 saturated carbocycles. The normalized spacial score (nSPS) is 11.5. The van der Waals surface area contributed by atoms with Crippen molar-refractivity contribution in [1.82, 2.24) is 5.32 Å². The largest absolute Gasteiger partial charge is 0.500 e. The van der Waals surface area contributed by atoms with E-state index in [2.05, 4.69) is 17.6 Å². The Morgan fingerprint density at radius 3 is 1.79 bits per heavy atom. The fourth-order valence-corrected chi connectivity index (χ4v) is 7.76. The summed E-state index contributed by atoms with van der Waals surface area (Å²) in [6, 6.07) is 8.04. The number of benzene rings is 1. The molecule has 0 fully saturated rings. The van der Waals surface area contributed by atoms with E-state index in [9.17, 15) is 14.4 Å². The highest BCUT2D eigenvalue weighted by Crippen LogP contribution is 2.18. The number of amides is 2. The van der Waals surface area contributed by atoms with Crippen molar-refractivity contribution < 1.29 is 37.1 Å². The highest BCUT2D eigenvalue weighted by atomic mass is 28.4. The van der Waals surface area contributed by atoms with E-state index in [1.807, 2.05) is 45.0 Å². The predicted octanol–water partition coefficient (Wildman–Crippen LogP) is 8.83. The van der Waals surface area contributed by atoms with Crippen molar-refractivity contribution in [2.75, 3.05) is 44.9 Å². The van der Waals surface area contributed by atoms with Crippen LogP contribution in [0.4, 0.5) is 10.5 Å². The lowest BCUT2D eigenvalue weighted by molar-refractivity contribution is -0.137. The van der Waals surface area contributed by atoms with Crippen LogP contribution in [-0.4, -0.2) is 66.4 Å². The lowest BCUT2D eigenvalue weighted by atomic mass is 10.1. The van der Waals surface area contributed by atoms with Crippen LogP contribution in [-0.2, 0) is 32.3 Å². The van der Waals surface area contributed by atoms with E-state index in [-0.39, 0.29) is 5.91 Å². The Balaban J connectivity index is 2.09. The molecule has 2 N–H and O–H groups in total. The number of unbranched alkanes of at least 4 members (excludes halogenated alkanes) is 11. The fourth-order valence-electron chi connectivity index (χ4n) is 5.15. The van der Waals surface area contributed by atoms with E-state index >= 15 is 0 Å². The maximum absolute atomic E-state index is 12.2. The molecular formula is C37H64N2O8Si. The second-order valence-corrected chi connectivity index (χ2v) is 14.5. The first-order valence-electron chi connectivity index (χ1n) is 18.4. The third kappa shape index (κ3) is 22.8. The number of alkyl carbamates (subject to hydrolysis) is 1. The molecule has 0 aliphatic carbocycles. The van der Waals surface area contributed by atoms with Gasteiger partial charge in [0.25, 0.3) is 0 Å². The minimum Gasteiger partial charge on any atom is -0.463 e. The Hall–Kier alpha value is -2.73. The van der Waals surface area contributed by atoms with Gasteiger partial charge >= 0.3 is 20.9 Å². The number of hydrogen-bond acceptors (Lipinski definition) is 8. The van der Waals surface area contributed by atoms with Gasteiger partial charge in [0.15, 0.2) is 0 Å². The van der Waals surface area contributed by atoms with E-state index < -0.39 is 20.9 Å². The molecule has 0 aromatic heterocycles. The number of nitrogens with one attached hydrogen (secondary N) is 2. The molecule has 0 aliphatic heterocycles. The van der Waals surface area contributed by atoms with Gasteiger partial charge in [0, 0.05) is 50.6 Å². The number of ether oxygens (including phenoxy) is 2. The lowest BCUT2D eigenvalue weighted by Gasteiger charge is -2.28. The van der Waals surface area contributed by atoms with Crippen LogP contribution >= 0.6 is 0 Å². The summed E-state index contributed by atoms with van der Waals surface area (Å²) in [5, 5.41) is 5.72. The first kappa shape index (κ1) is 43.3. The Morgan fingerprint density at radius 1 is 0.667 bits per heavy atom. The van der Waals surface area contributed by atoms with Crippen molar-refractivity contribution >= 4 is 38.5 Å². The quantitative estimate of drug-likeness (QED) is 0.0355. The summed E-state index contributed by atoms with van der Waals surface area (Å²) in [6.45, 7) is 10.7. The van der Waals surface area contributed by atoms with E-state index in [1.54, 1.807) is 6.08 Å². The molecule has 0 atom stereocenters. The number of anilines is 1. The molecule has 274 valence electrons. The SMILES string of the molecule is CCCCCCCCCCCC(=O)Nc1ccc(/C=C/C(=O)OCCCCCCOC(=O)NCCC[Si](OCC)(OCC)OCC)cc1. The van der Waals surface area contributed by atoms with E-state index in [1.165, 1.54) is 51.0 Å². The molecule has 1 rings (SSSR count). The monoisotopic (exact) mass is 692 g/mol. The van der Waals surface area contributed by atoms with Gasteiger partial charge in [-0.2, -0.15) is 0 Å². The maximum Gasteiger partial charge on any atom is 0.500 e. The van der Waals surface area contributed by atoms with Crippen molar-refractivity contribution in [2.24, 2.45) is 0 Å². The van der Waals surface area contributed by atoms with Crippen molar-refractivity contribution in [3.05, 3.63) is 35.9 Å². The molecule has 1 aromatic carbocycles. The van der Waals surface area contributed by atoms with Crippen molar-refractivity contribution in [1.29, 1.82) is 0 Å². The summed E-state index contributed by atoms with van der Waals surface area (Å²) in [5.74, 6) is -0.353. The van der Waals surface area contributed by atoms with Gasteiger partial charge in [-0.1, -0.05) is 70.4 Å². The fraction of sp³-hybridized carbons (Fsp3) is 0.703. The third-order valence-corrected chi connectivity index (χ3v) is 10.8. The van der Waals surface area contributed by atoms with Crippen LogP contribution in [0.1, 0.15) is 130 Å². The van der Waals surface area contributed by atoms with Crippen LogP contribution in [0.15, 0.2) is 30.3 Å². The molecule has 0 radical (unpaired) electrons. The van der Waals surface area contributed by atoms with Crippen molar-refractivity contribution in [3.8, 4) is 0 Å². The van der Waals surface area contributed by atoms with E-state index in [0.717, 1.165) is 49.8 Å². The molecule has 1 aromatic rings. The molecular weight excluding hydrogens is 628 g/mol. The molecule has 0 spiro atoms. The topological polar surface area (TPSA) is 121 Å². The van der Waals surface area contributed by atoms with Crippen molar-refractivity contribution in [3.63, 3.8) is 0 Å². The standard InChI is InChI=1S/C37H64N2O8Si/c1-5-9-10-11-12-13-14-15-18-22-35(40)39-34-26-23-33(24-27-34)25-28-36(41)43-30-19-16-17-20-31-44-37(42)38-29-21-32-48(45-6-2,46-7-3)47-8-4/h23-28H,5-22,29-32H2,1-4H3,(H,38,42)(H,39,40)/b28-25+. The molecule has 48 heavy (non-hydrogen) atoms. The first-order valence-corrected chi connectivity index (χ1v) is 20.4. The number of carbonyl (C=O) groups is 3. The van der Waals surface area contributed by atoms with Gasteiger partial charge in [0.1, 0.15) is 0 Å². The van der Waals surface area contributed by atoms with Crippen LogP contribution in [0.5, 0.6) is 0 Å². The molecule has 0 heterocycles. The molecule has 2 amide bonds. The zero-order valence-electron chi connectivity index (χ0n) is 30.3. The van der Waals surface area contributed by atoms with Crippen LogP contribution < -0.4 is 10.6 Å². The Bertz CT molecular complexity index is 989. The molecule has 0 saturated heterocycles. The van der Waals surface area contributed by atoms with Crippen LogP contribution in [0.2, 0.25) is 6.04 Å². The number of esters is 1. The van der Waals surface area contributed by atoms with Crippen molar-refractivity contribution in [2.45, 2.75) is 130 Å². The van der Waals surface area contributed by atoms with Crippen LogP contribution in [0, 0.1) is 0 Å². The summed E-state index contributed by atoms with van der Waals surface area (Å²) in [5.41, 5.74) is 1.60. The summed E-state index contributed by atoms with van der Waals surface area (Å²) < 4.78 is 28.0. The lowest BCUT2D eigenvalue weighted by Crippen LogP contribution is -2.46. The van der Waals surface area contributed by atoms with Gasteiger partial charge in [-0.05, 0) is 83.1 Å². The van der Waals surface area contributed by atoms with Gasteiger partial charge in [-0.3, -0.25) is 4.79 Å². The molecule has 11 heteroatoms. The smallest absolute Gasteiger partial charge is 0.463 e. The molecule has 0 bridgehead atoms. The average molecular weight is 693 g/mol. The van der Waals surface area contributed by atoms with Gasteiger partial charge in [-0.25, -0.2) is 9.59 Å². The number of rotatable bonds is 30. The molecule has 0 aliphatic rings. The Kier molecular flexibility index (Phi) is 26.3. The van der Waals surface area contributed by atoms with Crippen LogP contribution in [0.25, 0.3) is 6.08 Å². The highest BCUT2D eigenvalue weighted by molar-refractivity contribution is 6.60. The minimum absolute atomic E-state index is 0.0388. The zero-order chi connectivity index (χ0) is 35.1. The highest BCUT2D eigenvalue weighted by Gasteiger charge is 2.39. The second-order valence-electron chi connectivity index (χ2n) is 11.8. The van der Waals surface area contributed by atoms with Crippen LogP contribution in [0.3, 0.4) is 0 Å². The van der Waals surface area contributed by atoms with E-state index in [4.69, 9.17) is 22.8 Å². The predicted molar refractivity (Wildman–Crippen MR) is 195 cm³/mol. The number of hydrogen-bond donors (Lipinski definition) is 2. The van der Waals surface area contributed by atoms with Gasteiger partial charge < -0.3 is 33.4 Å². The zero-order valence-corrected chi connectivity index (χ0v) is 31.3. The summed E-state index contributed by atoms with van der Waals surface area (Å²) in [7, 11) is -2.70. The summed E-state index contributed by atoms with van der Waals surface area (Å²) in [4.78, 5) is 36.3. The number of carbonyl (C=O) groups excluding carboxylic acids is 3. The average Bonchev–Trinajstić information content (AvgIpc) is 3.07. The third-order valence-electron chi connectivity index (χ3n) is 7.65. The maximum atomic E-state index is 12.2.